The molecule has 13 heteroatoms. The van der Waals surface area contributed by atoms with E-state index in [1.807, 2.05) is 13.8 Å². The quantitative estimate of drug-likeness (QED) is 0.221. The van der Waals surface area contributed by atoms with Gasteiger partial charge in [0.05, 0.1) is 30.5 Å². The zero-order valence-electron chi connectivity index (χ0n) is 16.3. The molecule has 1 rings (SSSR count). The normalized spacial score (nSPS) is 22.2. The molecule has 0 bridgehead atoms. The molecule has 0 aliphatic heterocycles. The second-order valence-corrected chi connectivity index (χ2v) is 8.08. The van der Waals surface area contributed by atoms with Crippen LogP contribution < -0.4 is 16.4 Å². The van der Waals surface area contributed by atoms with Crippen molar-refractivity contribution in [2.24, 2.45) is 5.73 Å². The van der Waals surface area contributed by atoms with Gasteiger partial charge >= 0.3 is 22.5 Å². The Morgan fingerprint density at radius 1 is 1.31 bits per heavy atom. The Morgan fingerprint density at radius 3 is 2.34 bits per heavy atom. The summed E-state index contributed by atoms with van der Waals surface area (Å²) in [5.74, 6) is -3.26. The molecule has 0 fully saturated rings. The third kappa shape index (κ3) is 7.93. The number of carbonyl (C=O) groups is 2. The molecule has 29 heavy (non-hydrogen) atoms. The standard InChI is InChI=1S/C16H26F2N4O6S/c1-4-9(5-2)27-11-7-8(15(24)28-29(3,25)26)6-10(21-16(19)20)12(11)22-14(23)13(17)18/h7,9-13H,4-6H2,1-3H3,(H,22,23)(H4,19,20,21)/t10-,11+,12+/m0/s1. The van der Waals surface area contributed by atoms with E-state index in [4.69, 9.17) is 15.9 Å². The molecule has 0 aromatic heterocycles. The number of nitrogens with two attached hydrogens (primary N) is 1. The lowest BCUT2D eigenvalue weighted by atomic mass is 9.87. The Labute approximate surface area is 167 Å². The largest absolute Gasteiger partial charge is 0.370 e. The maximum atomic E-state index is 12.8. The van der Waals surface area contributed by atoms with Gasteiger partial charge in [-0.3, -0.25) is 10.2 Å². The van der Waals surface area contributed by atoms with Crippen molar-refractivity contribution in [3.05, 3.63) is 11.6 Å². The zero-order chi connectivity index (χ0) is 22.4. The fourth-order valence-corrected chi connectivity index (χ4v) is 3.27. The Bertz CT molecular complexity index is 755. The summed E-state index contributed by atoms with van der Waals surface area (Å²) in [5, 5.41) is 12.0. The third-order valence-corrected chi connectivity index (χ3v) is 4.64. The summed E-state index contributed by atoms with van der Waals surface area (Å²) in [4.78, 5) is 23.8. The highest BCUT2D eigenvalue weighted by Crippen LogP contribution is 2.25. The molecule has 0 saturated heterocycles. The highest BCUT2D eigenvalue weighted by Gasteiger charge is 2.40. The average Bonchev–Trinajstić information content (AvgIpc) is 2.59. The van der Waals surface area contributed by atoms with E-state index in [0.29, 0.717) is 19.1 Å². The van der Waals surface area contributed by atoms with Gasteiger partial charge in [0.15, 0.2) is 5.96 Å². The highest BCUT2D eigenvalue weighted by atomic mass is 32.2. The predicted octanol–water partition coefficient (Wildman–Crippen LogP) is -0.00533. The second-order valence-electron chi connectivity index (χ2n) is 6.51. The lowest BCUT2D eigenvalue weighted by Crippen LogP contribution is -2.61. The van der Waals surface area contributed by atoms with Crippen molar-refractivity contribution in [1.82, 2.24) is 10.6 Å². The van der Waals surface area contributed by atoms with E-state index in [9.17, 15) is 26.8 Å². The SMILES string of the molecule is CCC(CC)O[C@@H]1C=C(C(=O)OS(C)(=O)=O)C[C@H](NC(=N)N)[C@H]1NC(=O)C(F)F. The molecular formula is C16H26F2N4O6S. The highest BCUT2D eigenvalue weighted by molar-refractivity contribution is 7.86. The number of alkyl halides is 2. The molecular weight excluding hydrogens is 414 g/mol. The topological polar surface area (TPSA) is 161 Å². The number of rotatable bonds is 9. The number of carbonyl (C=O) groups excluding carboxylic acids is 2. The van der Waals surface area contributed by atoms with Crippen LogP contribution in [0.3, 0.4) is 0 Å². The fourth-order valence-electron chi connectivity index (χ4n) is 2.88. The lowest BCUT2D eigenvalue weighted by molar-refractivity contribution is -0.134. The average molecular weight is 440 g/mol. The van der Waals surface area contributed by atoms with Crippen LogP contribution in [-0.2, 0) is 28.6 Å². The summed E-state index contributed by atoms with van der Waals surface area (Å²) < 4.78 is 58.4. The van der Waals surface area contributed by atoms with Gasteiger partial charge in [-0.05, 0) is 18.9 Å². The van der Waals surface area contributed by atoms with Crippen LogP contribution in [0, 0.1) is 5.41 Å². The first kappa shape index (κ1) is 24.8. The van der Waals surface area contributed by atoms with Crippen molar-refractivity contribution in [3.8, 4) is 0 Å². The van der Waals surface area contributed by atoms with Gasteiger partial charge in [0, 0.05) is 12.0 Å². The maximum Gasteiger partial charge on any atom is 0.349 e. The summed E-state index contributed by atoms with van der Waals surface area (Å²) >= 11 is 0. The Kier molecular flexibility index (Phi) is 8.95. The minimum absolute atomic E-state index is 0.118. The van der Waals surface area contributed by atoms with E-state index in [1.54, 1.807) is 0 Å². The lowest BCUT2D eigenvalue weighted by Gasteiger charge is -2.38. The molecule has 0 radical (unpaired) electrons. The van der Waals surface area contributed by atoms with Crippen LogP contribution in [0.1, 0.15) is 33.1 Å². The minimum Gasteiger partial charge on any atom is -0.370 e. The van der Waals surface area contributed by atoms with Crippen LogP contribution in [0.5, 0.6) is 0 Å². The van der Waals surface area contributed by atoms with Crippen molar-refractivity contribution in [2.75, 3.05) is 6.26 Å². The molecule has 1 aliphatic carbocycles. The molecule has 0 saturated carbocycles. The van der Waals surface area contributed by atoms with Crippen molar-refractivity contribution in [2.45, 2.75) is 63.8 Å². The molecule has 1 aliphatic rings. The summed E-state index contributed by atoms with van der Waals surface area (Å²) in [7, 11) is -4.09. The van der Waals surface area contributed by atoms with Gasteiger partial charge < -0.3 is 25.3 Å². The number of nitrogens with one attached hydrogen (secondary N) is 3. The first-order valence-corrected chi connectivity index (χ1v) is 10.7. The monoisotopic (exact) mass is 440 g/mol. The molecule has 0 heterocycles. The second kappa shape index (κ2) is 10.5. The number of hydrogen-bond acceptors (Lipinski definition) is 7. The Morgan fingerprint density at radius 2 is 1.90 bits per heavy atom. The van der Waals surface area contributed by atoms with Crippen LogP contribution >= 0.6 is 0 Å². The Balaban J connectivity index is 3.32. The van der Waals surface area contributed by atoms with Crippen molar-refractivity contribution in [3.63, 3.8) is 0 Å². The molecule has 1 amide bonds. The van der Waals surface area contributed by atoms with Crippen LogP contribution in [0.15, 0.2) is 11.6 Å². The number of ether oxygens (including phenoxy) is 1. The number of amides is 1. The van der Waals surface area contributed by atoms with Gasteiger partial charge in [0.25, 0.3) is 5.91 Å². The van der Waals surface area contributed by atoms with E-state index in [2.05, 4.69) is 14.8 Å². The van der Waals surface area contributed by atoms with Crippen LogP contribution in [0.2, 0.25) is 0 Å². The van der Waals surface area contributed by atoms with Crippen LogP contribution in [0.25, 0.3) is 0 Å². The van der Waals surface area contributed by atoms with Gasteiger partial charge in [-0.25, -0.2) is 4.79 Å². The van der Waals surface area contributed by atoms with E-state index in [0.717, 1.165) is 0 Å². The van der Waals surface area contributed by atoms with Crippen molar-refractivity contribution in [1.29, 1.82) is 5.41 Å². The van der Waals surface area contributed by atoms with Crippen molar-refractivity contribution < 1.29 is 35.7 Å². The first-order valence-electron chi connectivity index (χ1n) is 8.86. The summed E-state index contributed by atoms with van der Waals surface area (Å²) in [6.45, 7) is 3.66. The fraction of sp³-hybridized carbons (Fsp3) is 0.688. The molecule has 0 spiro atoms. The number of halogens is 2. The van der Waals surface area contributed by atoms with Gasteiger partial charge in [0.2, 0.25) is 0 Å². The minimum atomic E-state index is -4.09. The van der Waals surface area contributed by atoms with Crippen molar-refractivity contribution >= 4 is 28.0 Å². The molecule has 10 nitrogen and oxygen atoms in total. The first-order chi connectivity index (χ1) is 13.4. The van der Waals surface area contributed by atoms with Gasteiger partial charge in [0.1, 0.15) is 0 Å². The number of hydrogen-bond donors (Lipinski definition) is 4. The predicted molar refractivity (Wildman–Crippen MR) is 99.7 cm³/mol. The van der Waals surface area contributed by atoms with E-state index >= 15 is 0 Å². The van der Waals surface area contributed by atoms with Crippen LogP contribution in [0.4, 0.5) is 8.78 Å². The van der Waals surface area contributed by atoms with Gasteiger partial charge in [-0.1, -0.05) is 13.8 Å². The maximum absolute atomic E-state index is 12.8. The van der Waals surface area contributed by atoms with E-state index in [1.165, 1.54) is 6.08 Å². The molecule has 3 atom stereocenters. The van der Waals surface area contributed by atoms with Gasteiger partial charge in [-0.2, -0.15) is 17.2 Å². The van der Waals surface area contributed by atoms with E-state index < -0.39 is 52.6 Å². The third-order valence-electron chi connectivity index (χ3n) is 4.19. The number of guanidine groups is 1. The van der Waals surface area contributed by atoms with Crippen LogP contribution in [-0.4, -0.2) is 63.2 Å². The summed E-state index contributed by atoms with van der Waals surface area (Å²) in [5.41, 5.74) is 5.22. The molecule has 0 unspecified atom stereocenters. The van der Waals surface area contributed by atoms with E-state index in [-0.39, 0.29) is 18.1 Å². The summed E-state index contributed by atoms with van der Waals surface area (Å²) in [6, 6.07) is -2.10. The van der Waals surface area contributed by atoms with Gasteiger partial charge in [-0.15, -0.1) is 0 Å². The zero-order valence-corrected chi connectivity index (χ0v) is 17.1. The summed E-state index contributed by atoms with van der Waals surface area (Å²) in [6.07, 6.45) is -1.88. The molecule has 0 aromatic rings. The molecule has 5 N–H and O–H groups in total. The molecule has 0 aromatic carbocycles. The Hall–Kier alpha value is -2.28. The molecule has 166 valence electrons. The smallest absolute Gasteiger partial charge is 0.349 e.